The van der Waals surface area contributed by atoms with E-state index in [1.54, 1.807) is 0 Å². The summed E-state index contributed by atoms with van der Waals surface area (Å²) < 4.78 is 0. The molecule has 2 aliphatic carbocycles. The average Bonchev–Trinajstić information content (AvgIpc) is 0.981. The number of hydrogen-bond acceptors (Lipinski definition) is 4. The molecule has 0 spiro atoms. The molecule has 0 saturated carbocycles. The van der Waals surface area contributed by atoms with Crippen molar-refractivity contribution in [3.8, 4) is 66.8 Å². The van der Waals surface area contributed by atoms with Crippen LogP contribution in [0, 0.1) is 0 Å². The molecule has 86 heavy (non-hydrogen) atoms. The van der Waals surface area contributed by atoms with Crippen molar-refractivity contribution < 1.29 is 0 Å². The fourth-order valence-electron chi connectivity index (χ4n) is 15.4. The van der Waals surface area contributed by atoms with E-state index in [-0.39, 0.29) is 10.8 Å². The Labute approximate surface area is 503 Å². The van der Waals surface area contributed by atoms with Crippen LogP contribution in [0.5, 0.6) is 0 Å². The van der Waals surface area contributed by atoms with Crippen molar-refractivity contribution in [3.05, 3.63) is 289 Å². The largest absolute Gasteiger partial charge is 0.341 e. The monoisotopic (exact) mass is 1100 g/mol. The standard InChI is InChI=1S/C82H62N4/c1-81(2)67-27-9-7-25-59(67)61-41-37-53(47-69(61)81)51-21-19-23-55(45-51)79-63-43-39-58(86-77-35-17-13-31-73(77)84(6)74-32-14-18-36-78(74)86)50-66(63)80(56-24-20-22-52(46-56)54-38-42-62-60-26-8-10-28-68(60)82(3,4)70(62)48-54)64-44-40-57(49-65(64)79)85-75-33-15-11-29-71(75)83(5)72-30-12-16-34-76(72)85/h7-50H,1-6H3. The van der Waals surface area contributed by atoms with Gasteiger partial charge in [-0.05, 0) is 208 Å². The fraction of sp³-hybridized carbons (Fsp3) is 0.0976. The molecule has 4 nitrogen and oxygen atoms in total. The normalized spacial score (nSPS) is 14.5. The summed E-state index contributed by atoms with van der Waals surface area (Å²) >= 11 is 0. The van der Waals surface area contributed by atoms with Gasteiger partial charge in [-0.2, -0.15) is 0 Å². The van der Waals surface area contributed by atoms with Crippen LogP contribution in [-0.4, -0.2) is 14.1 Å². The molecule has 13 aromatic rings. The molecule has 0 radical (unpaired) electrons. The van der Waals surface area contributed by atoms with Crippen molar-refractivity contribution >= 4 is 78.4 Å². The van der Waals surface area contributed by atoms with Gasteiger partial charge in [-0.1, -0.05) is 198 Å². The van der Waals surface area contributed by atoms with E-state index in [1.807, 2.05) is 0 Å². The Bertz CT molecular complexity index is 4610. The molecule has 4 aliphatic rings. The first-order valence-corrected chi connectivity index (χ1v) is 30.2. The van der Waals surface area contributed by atoms with Gasteiger partial charge >= 0.3 is 0 Å². The Morgan fingerprint density at radius 3 is 0.930 bits per heavy atom. The number of benzene rings is 13. The van der Waals surface area contributed by atoms with Crippen molar-refractivity contribution in [2.75, 3.05) is 33.7 Å². The maximum absolute atomic E-state index is 2.49. The molecule has 2 aliphatic heterocycles. The number of fused-ring (bicyclic) bond motifs is 12. The van der Waals surface area contributed by atoms with Gasteiger partial charge in [0.15, 0.2) is 0 Å². The number of rotatable bonds is 6. The van der Waals surface area contributed by atoms with Gasteiger partial charge in [-0.25, -0.2) is 0 Å². The zero-order chi connectivity index (χ0) is 57.7. The highest BCUT2D eigenvalue weighted by Crippen LogP contribution is 2.57. The van der Waals surface area contributed by atoms with E-state index in [2.05, 4.69) is 328 Å². The van der Waals surface area contributed by atoms with Crippen LogP contribution in [0.1, 0.15) is 49.9 Å². The van der Waals surface area contributed by atoms with E-state index in [1.165, 1.54) is 111 Å². The number of para-hydroxylation sites is 8. The molecule has 2 heterocycles. The Balaban J connectivity index is 0.940. The second kappa shape index (κ2) is 18.5. The van der Waals surface area contributed by atoms with Gasteiger partial charge in [-0.3, -0.25) is 0 Å². The topological polar surface area (TPSA) is 13.0 Å². The van der Waals surface area contributed by atoms with Crippen molar-refractivity contribution in [1.82, 2.24) is 0 Å². The molecular weight excluding hydrogens is 1040 g/mol. The molecule has 0 aromatic heterocycles. The zero-order valence-electron chi connectivity index (χ0n) is 49.2. The van der Waals surface area contributed by atoms with Gasteiger partial charge in [-0.15, -0.1) is 0 Å². The lowest BCUT2D eigenvalue weighted by molar-refractivity contribution is 0.660. The molecule has 0 saturated heterocycles. The molecule has 0 fully saturated rings. The lowest BCUT2D eigenvalue weighted by Crippen LogP contribution is -2.24. The van der Waals surface area contributed by atoms with Crippen LogP contribution in [0.25, 0.3) is 88.3 Å². The van der Waals surface area contributed by atoms with Gasteiger partial charge in [0.2, 0.25) is 0 Å². The van der Waals surface area contributed by atoms with Gasteiger partial charge in [0, 0.05) is 36.3 Å². The van der Waals surface area contributed by atoms with Crippen LogP contribution in [0.4, 0.5) is 56.9 Å². The van der Waals surface area contributed by atoms with E-state index < -0.39 is 0 Å². The first-order valence-electron chi connectivity index (χ1n) is 30.2. The maximum Gasteiger partial charge on any atom is 0.0699 e. The summed E-state index contributed by atoms with van der Waals surface area (Å²) in [6.45, 7) is 9.51. The van der Waals surface area contributed by atoms with Crippen LogP contribution >= 0.6 is 0 Å². The van der Waals surface area contributed by atoms with Crippen LogP contribution in [0.2, 0.25) is 0 Å². The fourth-order valence-corrected chi connectivity index (χ4v) is 15.4. The van der Waals surface area contributed by atoms with Crippen LogP contribution in [0.3, 0.4) is 0 Å². The molecule has 0 amide bonds. The number of hydrogen-bond donors (Lipinski definition) is 0. The summed E-state index contributed by atoms with van der Waals surface area (Å²) in [6, 6.07) is 101. The van der Waals surface area contributed by atoms with Crippen molar-refractivity contribution in [3.63, 3.8) is 0 Å². The Kier molecular flexibility index (Phi) is 10.8. The highest BCUT2D eigenvalue weighted by Gasteiger charge is 2.37. The third-order valence-corrected chi connectivity index (χ3v) is 19.7. The van der Waals surface area contributed by atoms with Gasteiger partial charge in [0.1, 0.15) is 0 Å². The van der Waals surface area contributed by atoms with Crippen LogP contribution in [-0.2, 0) is 10.8 Å². The predicted octanol–water partition coefficient (Wildman–Crippen LogP) is 22.4. The Morgan fingerprint density at radius 1 is 0.233 bits per heavy atom. The van der Waals surface area contributed by atoms with E-state index in [9.17, 15) is 0 Å². The molecule has 0 atom stereocenters. The molecule has 0 bridgehead atoms. The Morgan fingerprint density at radius 2 is 0.547 bits per heavy atom. The summed E-state index contributed by atoms with van der Waals surface area (Å²) in [5.74, 6) is 0. The van der Waals surface area contributed by atoms with Gasteiger partial charge < -0.3 is 19.6 Å². The minimum absolute atomic E-state index is 0.124. The van der Waals surface area contributed by atoms with Gasteiger partial charge in [0.25, 0.3) is 0 Å². The van der Waals surface area contributed by atoms with E-state index >= 15 is 0 Å². The van der Waals surface area contributed by atoms with E-state index in [0.717, 1.165) is 56.9 Å². The second-order valence-corrected chi connectivity index (χ2v) is 25.0. The third kappa shape index (κ3) is 7.23. The summed E-state index contributed by atoms with van der Waals surface area (Å²) in [7, 11) is 4.37. The Hall–Kier alpha value is -10.4. The number of nitrogens with zero attached hydrogens (tertiary/aromatic N) is 4. The molecule has 410 valence electrons. The van der Waals surface area contributed by atoms with E-state index in [0.29, 0.717) is 0 Å². The first kappa shape index (κ1) is 50.1. The smallest absolute Gasteiger partial charge is 0.0699 e. The molecule has 0 unspecified atom stereocenters. The number of anilines is 10. The SMILES string of the molecule is CN1c2ccccc2N(c2ccc3c(-c4cccc(-c5ccc6c(c5)C(C)(C)c5ccccc5-6)c4)c4cc(N5c6ccccc6N(C)c6ccccc65)ccc4c(-c4cccc(-c5ccc6c(c5)C(C)(C)c5ccccc5-6)c4)c3c2)c2ccccc21. The maximum atomic E-state index is 2.49. The highest BCUT2D eigenvalue weighted by atomic mass is 15.3. The summed E-state index contributed by atoms with van der Waals surface area (Å²) in [5, 5.41) is 4.75. The minimum Gasteiger partial charge on any atom is -0.341 e. The molecule has 17 rings (SSSR count). The summed E-state index contributed by atoms with van der Waals surface area (Å²) in [6.07, 6.45) is 0. The van der Waals surface area contributed by atoms with Crippen molar-refractivity contribution in [2.45, 2.75) is 38.5 Å². The minimum atomic E-state index is -0.124. The zero-order valence-corrected chi connectivity index (χ0v) is 49.2. The van der Waals surface area contributed by atoms with Gasteiger partial charge in [0.05, 0.1) is 45.5 Å². The summed E-state index contributed by atoms with van der Waals surface area (Å²) in [4.78, 5) is 9.59. The lowest BCUT2D eigenvalue weighted by Gasteiger charge is -2.39. The van der Waals surface area contributed by atoms with Crippen LogP contribution in [0.15, 0.2) is 267 Å². The quantitative estimate of drug-likeness (QED) is 0.154. The summed E-state index contributed by atoms with van der Waals surface area (Å²) in [5.41, 5.74) is 31.6. The van der Waals surface area contributed by atoms with Crippen LogP contribution < -0.4 is 19.6 Å². The average molecular weight is 1100 g/mol. The third-order valence-electron chi connectivity index (χ3n) is 19.7. The second-order valence-electron chi connectivity index (χ2n) is 25.0. The lowest BCUT2D eigenvalue weighted by atomic mass is 9.81. The predicted molar refractivity (Wildman–Crippen MR) is 364 cm³/mol. The van der Waals surface area contributed by atoms with E-state index in [4.69, 9.17) is 0 Å². The molecule has 4 heteroatoms. The molecular formula is C82H62N4. The highest BCUT2D eigenvalue weighted by molar-refractivity contribution is 6.23. The first-order chi connectivity index (χ1) is 42.0. The molecule has 0 N–H and O–H groups in total. The van der Waals surface area contributed by atoms with Crippen molar-refractivity contribution in [2.24, 2.45) is 0 Å². The molecule has 13 aromatic carbocycles. The van der Waals surface area contributed by atoms with Crippen molar-refractivity contribution in [1.29, 1.82) is 0 Å².